The van der Waals surface area contributed by atoms with E-state index in [2.05, 4.69) is 15.5 Å². The van der Waals surface area contributed by atoms with Gasteiger partial charge in [-0.05, 0) is 16.8 Å². The quantitative estimate of drug-likeness (QED) is 0.690. The van der Waals surface area contributed by atoms with Crippen LogP contribution in [0.15, 0.2) is 30.3 Å². The van der Waals surface area contributed by atoms with E-state index in [-0.39, 0.29) is 0 Å². The highest BCUT2D eigenvalue weighted by molar-refractivity contribution is 6.60. The highest BCUT2D eigenvalue weighted by Gasteiger charge is 2.37. The van der Waals surface area contributed by atoms with E-state index >= 15 is 0 Å². The van der Waals surface area contributed by atoms with E-state index in [4.69, 9.17) is 13.3 Å². The van der Waals surface area contributed by atoms with E-state index in [0.717, 1.165) is 17.8 Å². The lowest BCUT2D eigenvalue weighted by atomic mass is 10.2. The molecular weight excluding hydrogens is 288 g/mol. The normalized spacial score (nSPS) is 11.8. The molecule has 0 atom stereocenters. The first kappa shape index (κ1) is 15.8. The van der Waals surface area contributed by atoms with Crippen LogP contribution in [0.25, 0.3) is 11.4 Å². The van der Waals surface area contributed by atoms with Crippen LogP contribution in [0.2, 0.25) is 6.04 Å². The zero-order valence-electron chi connectivity index (χ0n) is 12.5. The fraction of sp³-hybridized carbons (Fsp3) is 0.462. The van der Waals surface area contributed by atoms with Gasteiger partial charge in [0.1, 0.15) is 0 Å². The first-order valence-electron chi connectivity index (χ1n) is 6.71. The van der Waals surface area contributed by atoms with Gasteiger partial charge in [0.2, 0.25) is 0 Å². The van der Waals surface area contributed by atoms with Crippen LogP contribution in [0.4, 0.5) is 0 Å². The molecule has 0 fully saturated rings. The molecule has 0 spiro atoms. The summed E-state index contributed by atoms with van der Waals surface area (Å²) in [5.41, 5.74) is 0.997. The van der Waals surface area contributed by atoms with Crippen LogP contribution in [0.1, 0.15) is 6.42 Å². The van der Waals surface area contributed by atoms with E-state index in [1.165, 1.54) is 0 Å². The fourth-order valence-corrected chi connectivity index (χ4v) is 3.85. The third-order valence-corrected chi connectivity index (χ3v) is 6.18. The molecule has 21 heavy (non-hydrogen) atoms. The summed E-state index contributed by atoms with van der Waals surface area (Å²) in [4.78, 5) is 0. The molecule has 0 aliphatic rings. The molecular formula is C13H20N4O3Si. The number of aromatic nitrogens is 4. The van der Waals surface area contributed by atoms with E-state index in [0.29, 0.717) is 12.6 Å². The van der Waals surface area contributed by atoms with Crippen molar-refractivity contribution in [2.75, 3.05) is 21.3 Å². The van der Waals surface area contributed by atoms with Crippen molar-refractivity contribution >= 4 is 8.80 Å². The minimum Gasteiger partial charge on any atom is -0.377 e. The number of hydrogen-bond donors (Lipinski definition) is 0. The van der Waals surface area contributed by atoms with Crippen molar-refractivity contribution in [1.82, 2.24) is 20.2 Å². The Balaban J connectivity index is 2.01. The summed E-state index contributed by atoms with van der Waals surface area (Å²) in [6, 6.07) is 10.6. The van der Waals surface area contributed by atoms with E-state index < -0.39 is 8.80 Å². The average molecular weight is 308 g/mol. The van der Waals surface area contributed by atoms with Crippen molar-refractivity contribution in [3.05, 3.63) is 30.3 Å². The summed E-state index contributed by atoms with van der Waals surface area (Å²) < 4.78 is 18.0. The Labute approximate surface area is 125 Å². The van der Waals surface area contributed by atoms with Gasteiger partial charge in [0, 0.05) is 39.5 Å². The molecule has 0 saturated carbocycles. The highest BCUT2D eigenvalue weighted by atomic mass is 28.4. The second kappa shape index (κ2) is 7.41. The summed E-state index contributed by atoms with van der Waals surface area (Å²) in [6.07, 6.45) is 0.812. The van der Waals surface area contributed by atoms with Crippen LogP contribution < -0.4 is 0 Å². The van der Waals surface area contributed by atoms with Crippen molar-refractivity contribution in [3.63, 3.8) is 0 Å². The lowest BCUT2D eigenvalue weighted by molar-refractivity contribution is 0.122. The van der Waals surface area contributed by atoms with Crippen LogP contribution in [-0.4, -0.2) is 50.3 Å². The predicted octanol–water partition coefficient (Wildman–Crippen LogP) is 1.61. The molecule has 0 aliphatic carbocycles. The standard InChI is InChI=1S/C13H20N4O3Si/c1-18-21(19-2,20-3)11-7-10-17-13(14-15-16-17)12-8-5-4-6-9-12/h4-6,8-9H,7,10-11H2,1-3H3. The van der Waals surface area contributed by atoms with E-state index in [9.17, 15) is 0 Å². The van der Waals surface area contributed by atoms with Crippen LogP contribution in [0, 0.1) is 0 Å². The monoisotopic (exact) mass is 308 g/mol. The minimum atomic E-state index is -2.53. The highest BCUT2D eigenvalue weighted by Crippen LogP contribution is 2.18. The molecule has 0 saturated heterocycles. The molecule has 1 heterocycles. The summed E-state index contributed by atoms with van der Waals surface area (Å²) in [6.45, 7) is 0.683. The van der Waals surface area contributed by atoms with Crippen molar-refractivity contribution in [3.8, 4) is 11.4 Å². The van der Waals surface area contributed by atoms with Gasteiger partial charge in [-0.3, -0.25) is 0 Å². The van der Waals surface area contributed by atoms with Gasteiger partial charge >= 0.3 is 8.80 Å². The topological polar surface area (TPSA) is 71.3 Å². The first-order chi connectivity index (χ1) is 10.2. The molecule has 2 rings (SSSR count). The summed E-state index contributed by atoms with van der Waals surface area (Å²) in [5.74, 6) is 0.759. The Morgan fingerprint density at radius 3 is 2.33 bits per heavy atom. The molecule has 0 bridgehead atoms. The molecule has 0 unspecified atom stereocenters. The van der Waals surface area contributed by atoms with Gasteiger partial charge in [-0.1, -0.05) is 30.3 Å². The molecule has 0 N–H and O–H groups in total. The molecule has 8 heteroatoms. The van der Waals surface area contributed by atoms with Gasteiger partial charge in [0.05, 0.1) is 0 Å². The molecule has 2 aromatic rings. The maximum atomic E-state index is 5.40. The SMILES string of the molecule is CO[Si](CCCn1nnnc1-c1ccccc1)(OC)OC. The van der Waals surface area contributed by atoms with Gasteiger partial charge in [0.25, 0.3) is 0 Å². The summed E-state index contributed by atoms with van der Waals surface area (Å²) in [7, 11) is 2.32. The second-order valence-electron chi connectivity index (χ2n) is 4.49. The zero-order chi connectivity index (χ0) is 15.1. The van der Waals surface area contributed by atoms with Crippen LogP contribution in [-0.2, 0) is 19.8 Å². The lowest BCUT2D eigenvalue weighted by Crippen LogP contribution is -2.42. The van der Waals surface area contributed by atoms with Crippen molar-refractivity contribution in [1.29, 1.82) is 0 Å². The van der Waals surface area contributed by atoms with Gasteiger partial charge in [-0.2, -0.15) is 0 Å². The molecule has 1 aromatic carbocycles. The molecule has 1 aromatic heterocycles. The Morgan fingerprint density at radius 2 is 1.71 bits per heavy atom. The van der Waals surface area contributed by atoms with Crippen LogP contribution >= 0.6 is 0 Å². The molecule has 0 aliphatic heterocycles. The Bertz CT molecular complexity index is 537. The Kier molecular flexibility index (Phi) is 5.57. The Morgan fingerprint density at radius 1 is 1.05 bits per heavy atom. The average Bonchev–Trinajstić information content (AvgIpc) is 3.01. The van der Waals surface area contributed by atoms with Gasteiger partial charge < -0.3 is 13.3 Å². The number of rotatable bonds is 8. The molecule has 7 nitrogen and oxygen atoms in total. The van der Waals surface area contributed by atoms with Crippen molar-refractivity contribution in [2.24, 2.45) is 0 Å². The molecule has 0 amide bonds. The Hall–Kier alpha value is -1.61. The molecule has 114 valence electrons. The second-order valence-corrected chi connectivity index (χ2v) is 7.58. The maximum absolute atomic E-state index is 5.40. The van der Waals surface area contributed by atoms with Gasteiger partial charge in [-0.25, -0.2) is 4.68 Å². The van der Waals surface area contributed by atoms with Gasteiger partial charge in [-0.15, -0.1) is 5.10 Å². The minimum absolute atomic E-state index is 0.683. The molecule has 0 radical (unpaired) electrons. The zero-order valence-corrected chi connectivity index (χ0v) is 13.5. The number of aryl methyl sites for hydroxylation is 1. The first-order valence-corrected chi connectivity index (χ1v) is 8.65. The maximum Gasteiger partial charge on any atom is 0.500 e. The van der Waals surface area contributed by atoms with Crippen molar-refractivity contribution < 1.29 is 13.3 Å². The largest absolute Gasteiger partial charge is 0.500 e. The summed E-state index contributed by atoms with van der Waals surface area (Å²) in [5, 5.41) is 11.9. The fourth-order valence-electron chi connectivity index (χ4n) is 2.15. The van der Waals surface area contributed by atoms with Crippen molar-refractivity contribution in [2.45, 2.75) is 19.0 Å². The number of tetrazole rings is 1. The third-order valence-electron chi connectivity index (χ3n) is 3.35. The lowest BCUT2D eigenvalue weighted by Gasteiger charge is -2.24. The van der Waals surface area contributed by atoms with Crippen LogP contribution in [0.5, 0.6) is 0 Å². The van der Waals surface area contributed by atoms with Gasteiger partial charge in [0.15, 0.2) is 5.82 Å². The number of nitrogens with zero attached hydrogens (tertiary/aromatic N) is 4. The third kappa shape index (κ3) is 3.73. The van der Waals surface area contributed by atoms with E-state index in [1.54, 1.807) is 26.0 Å². The van der Waals surface area contributed by atoms with E-state index in [1.807, 2.05) is 30.3 Å². The number of benzene rings is 1. The number of hydrogen-bond acceptors (Lipinski definition) is 6. The smallest absolute Gasteiger partial charge is 0.377 e. The van der Waals surface area contributed by atoms with Crippen LogP contribution in [0.3, 0.4) is 0 Å². The summed E-state index contributed by atoms with van der Waals surface area (Å²) >= 11 is 0. The predicted molar refractivity (Wildman–Crippen MR) is 79.5 cm³/mol.